The lowest BCUT2D eigenvalue weighted by molar-refractivity contribution is 0.277. The van der Waals surface area contributed by atoms with Crippen molar-refractivity contribution in [3.05, 3.63) is 106 Å². The van der Waals surface area contributed by atoms with Crippen molar-refractivity contribution in [3.8, 4) is 0 Å². The van der Waals surface area contributed by atoms with E-state index in [1.54, 1.807) is 0 Å². The van der Waals surface area contributed by atoms with Gasteiger partial charge in [0.2, 0.25) is 0 Å². The fourth-order valence-corrected chi connectivity index (χ4v) is 3.38. The van der Waals surface area contributed by atoms with Gasteiger partial charge in [-0.05, 0) is 33.4 Å². The van der Waals surface area contributed by atoms with E-state index >= 15 is 0 Å². The molecule has 3 aromatic carbocycles. The highest BCUT2D eigenvalue weighted by molar-refractivity contribution is 5.51. The molecule has 0 aliphatic rings. The van der Waals surface area contributed by atoms with Crippen molar-refractivity contribution >= 4 is 0 Å². The summed E-state index contributed by atoms with van der Waals surface area (Å²) >= 11 is 0. The van der Waals surface area contributed by atoms with Gasteiger partial charge in [0.15, 0.2) is 0 Å². The molecule has 0 amide bonds. The minimum Gasteiger partial charge on any atom is -0.392 e. The van der Waals surface area contributed by atoms with Crippen LogP contribution >= 0.6 is 0 Å². The predicted molar refractivity (Wildman–Crippen MR) is 98.0 cm³/mol. The van der Waals surface area contributed by atoms with Gasteiger partial charge in [-0.15, -0.1) is 0 Å². The van der Waals surface area contributed by atoms with Crippen molar-refractivity contribution < 1.29 is 15.3 Å². The molecule has 0 aromatic heterocycles. The van der Waals surface area contributed by atoms with Crippen molar-refractivity contribution in [2.24, 2.45) is 0 Å². The summed E-state index contributed by atoms with van der Waals surface area (Å²) in [6.07, 6.45) is 0. The van der Waals surface area contributed by atoms with Gasteiger partial charge in [-0.2, -0.15) is 0 Å². The van der Waals surface area contributed by atoms with E-state index in [1.165, 1.54) is 0 Å². The van der Waals surface area contributed by atoms with E-state index in [0.29, 0.717) is 0 Å². The van der Waals surface area contributed by atoms with E-state index in [4.69, 9.17) is 0 Å². The van der Waals surface area contributed by atoms with Gasteiger partial charge in [-0.3, -0.25) is 0 Å². The molecule has 0 saturated carbocycles. The molecule has 3 N–H and O–H groups in total. The summed E-state index contributed by atoms with van der Waals surface area (Å²) in [6, 6.07) is 23.3. The maximum Gasteiger partial charge on any atom is 0.0684 e. The van der Waals surface area contributed by atoms with E-state index in [2.05, 4.69) is 0 Å². The van der Waals surface area contributed by atoms with Crippen LogP contribution in [0.1, 0.15) is 39.3 Å². The van der Waals surface area contributed by atoms with Crippen molar-refractivity contribution in [1.82, 2.24) is 0 Å². The van der Waals surface area contributed by atoms with Crippen LogP contribution in [-0.4, -0.2) is 15.3 Å². The van der Waals surface area contributed by atoms with Crippen LogP contribution in [0.5, 0.6) is 0 Å². The molecule has 25 heavy (non-hydrogen) atoms. The number of aliphatic hydroxyl groups is 3. The Kier molecular flexibility index (Phi) is 5.61. The van der Waals surface area contributed by atoms with Gasteiger partial charge in [0, 0.05) is 5.92 Å². The summed E-state index contributed by atoms with van der Waals surface area (Å²) in [4.78, 5) is 0. The Morgan fingerprint density at radius 2 is 0.760 bits per heavy atom. The number of aliphatic hydroxyl groups excluding tert-OH is 3. The minimum atomic E-state index is -0.171. The molecule has 3 heteroatoms. The lowest BCUT2D eigenvalue weighted by Gasteiger charge is -2.25. The number of hydrogen-bond donors (Lipinski definition) is 3. The fraction of sp³-hybridized carbons (Fsp3) is 0.182. The average molecular weight is 334 g/mol. The second-order valence-electron chi connectivity index (χ2n) is 6.00. The second kappa shape index (κ2) is 8.08. The maximum atomic E-state index is 9.82. The number of rotatable bonds is 6. The van der Waals surface area contributed by atoms with Crippen LogP contribution in [0.15, 0.2) is 72.8 Å². The quantitative estimate of drug-likeness (QED) is 0.606. The Bertz CT molecular complexity index is 729. The highest BCUT2D eigenvalue weighted by Gasteiger charge is 2.23. The van der Waals surface area contributed by atoms with Crippen molar-refractivity contribution in [1.29, 1.82) is 0 Å². The maximum absolute atomic E-state index is 9.82. The third-order valence-corrected chi connectivity index (χ3v) is 4.61. The van der Waals surface area contributed by atoms with Crippen LogP contribution in [-0.2, 0) is 19.8 Å². The molecule has 0 fully saturated rings. The Morgan fingerprint density at radius 3 is 1.04 bits per heavy atom. The Labute approximate surface area is 147 Å². The van der Waals surface area contributed by atoms with Gasteiger partial charge < -0.3 is 15.3 Å². The van der Waals surface area contributed by atoms with Crippen LogP contribution in [0.2, 0.25) is 0 Å². The van der Waals surface area contributed by atoms with Crippen LogP contribution in [0.3, 0.4) is 0 Å². The topological polar surface area (TPSA) is 60.7 Å². The molecule has 0 heterocycles. The molecule has 0 saturated heterocycles. The van der Waals surface area contributed by atoms with Crippen molar-refractivity contribution in [3.63, 3.8) is 0 Å². The molecule has 0 spiro atoms. The van der Waals surface area contributed by atoms with E-state index in [9.17, 15) is 15.3 Å². The third-order valence-electron chi connectivity index (χ3n) is 4.61. The average Bonchev–Trinajstić information content (AvgIpc) is 2.69. The van der Waals surface area contributed by atoms with Crippen LogP contribution in [0.25, 0.3) is 0 Å². The first-order valence-corrected chi connectivity index (χ1v) is 8.36. The number of benzene rings is 3. The summed E-state index contributed by atoms with van der Waals surface area (Å²) in [6.45, 7) is -0.181. The van der Waals surface area contributed by atoms with Gasteiger partial charge in [0.1, 0.15) is 0 Å². The highest BCUT2D eigenvalue weighted by Crippen LogP contribution is 2.37. The molecule has 0 bridgehead atoms. The molecule has 3 nitrogen and oxygen atoms in total. The predicted octanol–water partition coefficient (Wildman–Crippen LogP) is 3.34. The smallest absolute Gasteiger partial charge is 0.0684 e. The molecule has 0 aliphatic heterocycles. The zero-order chi connectivity index (χ0) is 17.6. The second-order valence-corrected chi connectivity index (χ2v) is 6.00. The molecule has 0 radical (unpaired) electrons. The largest absolute Gasteiger partial charge is 0.392 e. The van der Waals surface area contributed by atoms with E-state index in [1.807, 2.05) is 72.8 Å². The standard InChI is InChI=1S/C22H22O3/c23-13-16-7-1-4-10-19(16)22(20-11-5-2-8-17(20)14-24)21-12-6-3-9-18(21)15-25/h1-12,22-25H,13-15H2. The first-order valence-electron chi connectivity index (χ1n) is 8.36. The van der Waals surface area contributed by atoms with Gasteiger partial charge in [-0.25, -0.2) is 0 Å². The fourth-order valence-electron chi connectivity index (χ4n) is 3.38. The van der Waals surface area contributed by atoms with Crippen molar-refractivity contribution in [2.45, 2.75) is 25.7 Å². The summed E-state index contributed by atoms with van der Waals surface area (Å²) in [5, 5.41) is 29.4. The first kappa shape index (κ1) is 17.4. The van der Waals surface area contributed by atoms with Gasteiger partial charge in [0.25, 0.3) is 0 Å². The lowest BCUT2D eigenvalue weighted by atomic mass is 9.79. The molecular weight excluding hydrogens is 312 g/mol. The lowest BCUT2D eigenvalue weighted by Crippen LogP contribution is -2.11. The minimum absolute atomic E-state index is 0.0603. The Hall–Kier alpha value is -2.46. The third kappa shape index (κ3) is 3.49. The van der Waals surface area contributed by atoms with Gasteiger partial charge in [-0.1, -0.05) is 72.8 Å². The summed E-state index contributed by atoms with van der Waals surface area (Å²) < 4.78 is 0. The van der Waals surface area contributed by atoms with E-state index in [-0.39, 0.29) is 25.7 Å². The highest BCUT2D eigenvalue weighted by atomic mass is 16.3. The molecule has 3 rings (SSSR count). The van der Waals surface area contributed by atoms with E-state index in [0.717, 1.165) is 33.4 Å². The SMILES string of the molecule is OCc1ccccc1C(c1ccccc1CO)c1ccccc1CO. The monoisotopic (exact) mass is 334 g/mol. The normalized spacial score (nSPS) is 11.0. The van der Waals surface area contributed by atoms with Gasteiger partial charge in [0.05, 0.1) is 19.8 Å². The molecule has 0 aliphatic carbocycles. The van der Waals surface area contributed by atoms with Crippen LogP contribution < -0.4 is 0 Å². The zero-order valence-electron chi connectivity index (χ0n) is 14.0. The number of hydrogen-bond acceptors (Lipinski definition) is 3. The molecule has 128 valence electrons. The molecular formula is C22H22O3. The molecule has 0 unspecified atom stereocenters. The molecule has 3 aromatic rings. The van der Waals surface area contributed by atoms with Crippen molar-refractivity contribution in [2.75, 3.05) is 0 Å². The summed E-state index contributed by atoms with van der Waals surface area (Å²) in [5.74, 6) is -0.171. The van der Waals surface area contributed by atoms with Gasteiger partial charge >= 0.3 is 0 Å². The van der Waals surface area contributed by atoms with E-state index < -0.39 is 0 Å². The summed E-state index contributed by atoms with van der Waals surface area (Å²) in [7, 11) is 0. The molecule has 0 atom stereocenters. The Balaban J connectivity index is 2.29. The Morgan fingerprint density at radius 1 is 0.480 bits per heavy atom. The first-order chi connectivity index (χ1) is 12.3. The van der Waals surface area contributed by atoms with Crippen LogP contribution in [0.4, 0.5) is 0 Å². The summed E-state index contributed by atoms with van der Waals surface area (Å²) in [5.41, 5.74) is 5.46. The van der Waals surface area contributed by atoms with Crippen LogP contribution in [0, 0.1) is 0 Å². The zero-order valence-corrected chi connectivity index (χ0v) is 14.0.